The van der Waals surface area contributed by atoms with Gasteiger partial charge in [-0.05, 0) is 62.5 Å². The Morgan fingerprint density at radius 2 is 2.03 bits per heavy atom. The maximum atomic E-state index is 12.7. The zero-order valence-corrected chi connectivity index (χ0v) is 19.2. The molecule has 2 amide bonds. The average molecular weight is 462 g/mol. The van der Waals surface area contributed by atoms with Crippen LogP contribution in [-0.4, -0.2) is 59.6 Å². The minimum absolute atomic E-state index is 0.0785. The fraction of sp³-hybridized carbons (Fsp3) is 0.565. The Bertz CT molecular complexity index is 841. The van der Waals surface area contributed by atoms with E-state index < -0.39 is 17.9 Å². The number of esters is 1. The Balaban J connectivity index is 1.61. The van der Waals surface area contributed by atoms with E-state index in [1.165, 1.54) is 0 Å². The van der Waals surface area contributed by atoms with Gasteiger partial charge in [-0.2, -0.15) is 0 Å². The lowest BCUT2D eigenvalue weighted by Crippen LogP contribution is -2.60. The highest BCUT2D eigenvalue weighted by Gasteiger charge is 2.35. The zero-order chi connectivity index (χ0) is 22.9. The third-order valence-electron chi connectivity index (χ3n) is 5.59. The fourth-order valence-corrected chi connectivity index (χ4v) is 4.23. The van der Waals surface area contributed by atoms with Crippen LogP contribution in [0.15, 0.2) is 24.3 Å². The SMILES string of the molecule is CCCOc1cccc(C(=O)NC(=S)N2CCNC(=O)C2CC(=O)OC2CCCCC2)c1. The van der Waals surface area contributed by atoms with Crippen molar-refractivity contribution in [1.29, 1.82) is 0 Å². The van der Waals surface area contributed by atoms with Crippen molar-refractivity contribution in [2.45, 2.75) is 64.0 Å². The minimum Gasteiger partial charge on any atom is -0.494 e. The summed E-state index contributed by atoms with van der Waals surface area (Å²) in [5, 5.41) is 5.56. The van der Waals surface area contributed by atoms with E-state index in [4.69, 9.17) is 21.7 Å². The predicted octanol–water partition coefficient (Wildman–Crippen LogP) is 2.56. The molecule has 1 aromatic carbocycles. The topological polar surface area (TPSA) is 97.0 Å². The van der Waals surface area contributed by atoms with E-state index in [-0.39, 0.29) is 23.5 Å². The molecule has 1 aliphatic heterocycles. The maximum absolute atomic E-state index is 12.7. The first-order valence-corrected chi connectivity index (χ1v) is 11.7. The lowest BCUT2D eigenvalue weighted by atomic mass is 9.98. The smallest absolute Gasteiger partial charge is 0.308 e. The fourth-order valence-electron chi connectivity index (χ4n) is 3.92. The van der Waals surface area contributed by atoms with Gasteiger partial charge in [0.05, 0.1) is 13.0 Å². The molecule has 1 unspecified atom stereocenters. The van der Waals surface area contributed by atoms with Crippen LogP contribution in [0.1, 0.15) is 62.2 Å². The van der Waals surface area contributed by atoms with Gasteiger partial charge in [0.15, 0.2) is 5.11 Å². The normalized spacial score (nSPS) is 19.1. The van der Waals surface area contributed by atoms with Crippen molar-refractivity contribution in [2.75, 3.05) is 19.7 Å². The molecule has 9 heteroatoms. The molecular weight excluding hydrogens is 430 g/mol. The summed E-state index contributed by atoms with van der Waals surface area (Å²) in [5.74, 6) is -0.514. The highest BCUT2D eigenvalue weighted by molar-refractivity contribution is 7.80. The molecule has 0 bridgehead atoms. The van der Waals surface area contributed by atoms with Crippen LogP contribution >= 0.6 is 12.2 Å². The third kappa shape index (κ3) is 6.66. The first-order chi connectivity index (χ1) is 15.5. The summed E-state index contributed by atoms with van der Waals surface area (Å²) in [6.07, 6.45) is 5.66. The molecule has 0 spiro atoms. The molecule has 8 nitrogen and oxygen atoms in total. The molecule has 2 N–H and O–H groups in total. The molecule has 1 saturated carbocycles. The molecule has 1 aromatic rings. The number of hydrogen-bond acceptors (Lipinski definition) is 6. The van der Waals surface area contributed by atoms with Gasteiger partial charge in [-0.3, -0.25) is 19.7 Å². The number of piperazine rings is 1. The minimum atomic E-state index is -0.813. The van der Waals surface area contributed by atoms with Gasteiger partial charge in [-0.1, -0.05) is 19.4 Å². The number of carbonyl (C=O) groups excluding carboxylic acids is 3. The van der Waals surface area contributed by atoms with Crippen LogP contribution in [0, 0.1) is 0 Å². The van der Waals surface area contributed by atoms with Gasteiger partial charge < -0.3 is 19.7 Å². The number of thiocarbonyl (C=S) groups is 1. The molecule has 1 heterocycles. The first-order valence-electron chi connectivity index (χ1n) is 11.3. The number of benzene rings is 1. The first kappa shape index (κ1) is 24.0. The summed E-state index contributed by atoms with van der Waals surface area (Å²) < 4.78 is 11.2. The van der Waals surface area contributed by atoms with Crippen molar-refractivity contribution in [3.8, 4) is 5.75 Å². The molecule has 32 heavy (non-hydrogen) atoms. The van der Waals surface area contributed by atoms with E-state index in [1.807, 2.05) is 6.92 Å². The Labute approximate surface area is 194 Å². The average Bonchev–Trinajstić information content (AvgIpc) is 2.79. The van der Waals surface area contributed by atoms with Crippen LogP contribution in [0.3, 0.4) is 0 Å². The van der Waals surface area contributed by atoms with Crippen LogP contribution in [0.25, 0.3) is 0 Å². The van der Waals surface area contributed by atoms with Crippen LogP contribution < -0.4 is 15.4 Å². The van der Waals surface area contributed by atoms with Crippen molar-refractivity contribution >= 4 is 35.1 Å². The Kier molecular flexibility index (Phi) is 8.84. The Hall–Kier alpha value is -2.68. The van der Waals surface area contributed by atoms with Gasteiger partial charge in [0.1, 0.15) is 17.9 Å². The van der Waals surface area contributed by atoms with E-state index in [9.17, 15) is 14.4 Å². The molecular formula is C23H31N3O5S. The number of carbonyl (C=O) groups is 3. The van der Waals surface area contributed by atoms with E-state index in [0.717, 1.165) is 38.5 Å². The van der Waals surface area contributed by atoms with Crippen molar-refractivity contribution in [2.24, 2.45) is 0 Å². The van der Waals surface area contributed by atoms with Gasteiger partial charge >= 0.3 is 5.97 Å². The summed E-state index contributed by atoms with van der Waals surface area (Å²) in [5.41, 5.74) is 0.399. The predicted molar refractivity (Wildman–Crippen MR) is 123 cm³/mol. The molecule has 0 aromatic heterocycles. The van der Waals surface area contributed by atoms with Crippen molar-refractivity contribution in [3.05, 3.63) is 29.8 Å². The highest BCUT2D eigenvalue weighted by atomic mass is 32.1. The number of ether oxygens (including phenoxy) is 2. The summed E-state index contributed by atoms with van der Waals surface area (Å²) in [4.78, 5) is 39.3. The van der Waals surface area contributed by atoms with E-state index in [1.54, 1.807) is 29.2 Å². The van der Waals surface area contributed by atoms with Gasteiger partial charge in [0, 0.05) is 18.7 Å². The van der Waals surface area contributed by atoms with Crippen molar-refractivity contribution in [1.82, 2.24) is 15.5 Å². The Morgan fingerprint density at radius 3 is 2.78 bits per heavy atom. The lowest BCUT2D eigenvalue weighted by Gasteiger charge is -2.36. The molecule has 174 valence electrons. The van der Waals surface area contributed by atoms with Crippen LogP contribution in [-0.2, 0) is 14.3 Å². The van der Waals surface area contributed by atoms with Crippen LogP contribution in [0.2, 0.25) is 0 Å². The monoisotopic (exact) mass is 461 g/mol. The molecule has 1 aliphatic carbocycles. The van der Waals surface area contributed by atoms with Gasteiger partial charge in [-0.15, -0.1) is 0 Å². The number of nitrogens with one attached hydrogen (secondary N) is 2. The summed E-state index contributed by atoms with van der Waals surface area (Å²) in [6, 6.07) is 6.02. The molecule has 0 radical (unpaired) electrons. The van der Waals surface area contributed by atoms with Crippen molar-refractivity contribution < 1.29 is 23.9 Å². The molecule has 2 fully saturated rings. The zero-order valence-electron chi connectivity index (χ0n) is 18.4. The van der Waals surface area contributed by atoms with Crippen molar-refractivity contribution in [3.63, 3.8) is 0 Å². The quantitative estimate of drug-likeness (QED) is 0.476. The summed E-state index contributed by atoms with van der Waals surface area (Å²) >= 11 is 5.43. The molecule has 2 aliphatic rings. The molecule has 3 rings (SSSR count). The second kappa shape index (κ2) is 11.8. The van der Waals surface area contributed by atoms with Gasteiger partial charge in [-0.25, -0.2) is 0 Å². The van der Waals surface area contributed by atoms with E-state index in [0.29, 0.717) is 31.0 Å². The standard InChI is InChI=1S/C23H31N3O5S/c1-2-13-30-18-10-6-7-16(14-18)21(28)25-23(32)26-12-11-24-22(29)19(26)15-20(27)31-17-8-4-3-5-9-17/h6-7,10,14,17,19H,2-5,8-9,11-13,15H2,1H3,(H,24,29)(H,25,28,32). The number of nitrogens with zero attached hydrogens (tertiary/aromatic N) is 1. The van der Waals surface area contributed by atoms with E-state index >= 15 is 0 Å². The lowest BCUT2D eigenvalue weighted by molar-refractivity contribution is -0.153. The van der Waals surface area contributed by atoms with Crippen LogP contribution in [0.4, 0.5) is 0 Å². The maximum Gasteiger partial charge on any atom is 0.308 e. The number of amides is 2. The second-order valence-corrected chi connectivity index (χ2v) is 8.48. The van der Waals surface area contributed by atoms with Gasteiger partial charge in [0.25, 0.3) is 5.91 Å². The highest BCUT2D eigenvalue weighted by Crippen LogP contribution is 2.21. The van der Waals surface area contributed by atoms with E-state index in [2.05, 4.69) is 10.6 Å². The number of rotatable bonds is 7. The summed E-state index contributed by atoms with van der Waals surface area (Å²) in [7, 11) is 0. The summed E-state index contributed by atoms with van der Waals surface area (Å²) in [6.45, 7) is 3.34. The molecule has 1 saturated heterocycles. The van der Waals surface area contributed by atoms with Crippen LogP contribution in [0.5, 0.6) is 5.75 Å². The molecule has 1 atom stereocenters. The second-order valence-electron chi connectivity index (χ2n) is 8.09. The largest absolute Gasteiger partial charge is 0.494 e. The number of hydrogen-bond donors (Lipinski definition) is 2. The van der Waals surface area contributed by atoms with Gasteiger partial charge in [0.2, 0.25) is 5.91 Å². The third-order valence-corrected chi connectivity index (χ3v) is 5.93. The Morgan fingerprint density at radius 1 is 1.25 bits per heavy atom.